The first kappa shape index (κ1) is 7.60. The third-order valence-corrected chi connectivity index (χ3v) is 1.66. The van der Waals surface area contributed by atoms with Crippen LogP contribution >= 0.6 is 0 Å². The lowest BCUT2D eigenvalue weighted by Gasteiger charge is -1.89. The van der Waals surface area contributed by atoms with Gasteiger partial charge in [0.1, 0.15) is 5.75 Å². The molecule has 2 rings (SSSR count). The van der Waals surface area contributed by atoms with Crippen LogP contribution in [0.2, 0.25) is 0 Å². The van der Waals surface area contributed by atoms with E-state index in [1.165, 1.54) is 18.2 Å². The highest BCUT2D eigenvalue weighted by Gasteiger charge is 2.14. The number of carboxylic acid groups (broad SMARTS) is 1. The van der Waals surface area contributed by atoms with Crippen LogP contribution in [0.5, 0.6) is 5.75 Å². The van der Waals surface area contributed by atoms with E-state index in [1.807, 2.05) is 0 Å². The molecule has 0 aliphatic rings. The van der Waals surface area contributed by atoms with Crippen LogP contribution in [0.25, 0.3) is 11.0 Å². The molecule has 1 aromatic carbocycles. The molecule has 66 valence electrons. The van der Waals surface area contributed by atoms with Gasteiger partial charge >= 0.3 is 5.97 Å². The highest BCUT2D eigenvalue weighted by molar-refractivity contribution is 6.00. The van der Waals surface area contributed by atoms with Gasteiger partial charge in [-0.25, -0.2) is 4.79 Å². The minimum absolute atomic E-state index is 0.0144. The zero-order chi connectivity index (χ0) is 9.42. The Labute approximate surface area is 72.2 Å². The number of aromatic carboxylic acids is 1. The van der Waals surface area contributed by atoms with Crippen LogP contribution in [0.1, 0.15) is 10.5 Å². The minimum atomic E-state index is -1.15. The van der Waals surface area contributed by atoms with Gasteiger partial charge in [-0.3, -0.25) is 0 Å². The molecular formula is C8H5NO4. The highest BCUT2D eigenvalue weighted by atomic mass is 16.5. The number of carbonyl (C=O) groups is 1. The van der Waals surface area contributed by atoms with Gasteiger partial charge in [0, 0.05) is 6.07 Å². The van der Waals surface area contributed by atoms with Crippen LogP contribution in [0.3, 0.4) is 0 Å². The van der Waals surface area contributed by atoms with Crippen LogP contribution in [-0.2, 0) is 0 Å². The molecule has 0 aliphatic carbocycles. The number of benzene rings is 1. The Hall–Kier alpha value is -2.04. The summed E-state index contributed by atoms with van der Waals surface area (Å²) in [6.45, 7) is 0. The topological polar surface area (TPSA) is 83.6 Å². The number of rotatable bonds is 1. The maximum atomic E-state index is 10.6. The SMILES string of the molecule is O=C(O)c1noc2cc(O)ccc12. The molecule has 0 saturated carbocycles. The van der Waals surface area contributed by atoms with Crippen LogP contribution in [0.15, 0.2) is 22.7 Å². The molecule has 0 unspecified atom stereocenters. The van der Waals surface area contributed by atoms with E-state index in [0.717, 1.165) is 0 Å². The summed E-state index contributed by atoms with van der Waals surface area (Å²) in [5.41, 5.74) is 0.118. The molecule has 5 heteroatoms. The number of hydrogen-bond acceptors (Lipinski definition) is 4. The maximum Gasteiger partial charge on any atom is 0.358 e. The maximum absolute atomic E-state index is 10.6. The summed E-state index contributed by atoms with van der Waals surface area (Å²) in [7, 11) is 0. The highest BCUT2D eigenvalue weighted by Crippen LogP contribution is 2.22. The average molecular weight is 179 g/mol. The van der Waals surface area contributed by atoms with Gasteiger partial charge in [-0.05, 0) is 12.1 Å². The lowest BCUT2D eigenvalue weighted by Crippen LogP contribution is -1.95. The van der Waals surface area contributed by atoms with Crippen LogP contribution in [0, 0.1) is 0 Å². The molecule has 0 spiro atoms. The van der Waals surface area contributed by atoms with Gasteiger partial charge in [-0.2, -0.15) is 0 Å². The Morgan fingerprint density at radius 3 is 2.92 bits per heavy atom. The number of nitrogens with zero attached hydrogens (tertiary/aromatic N) is 1. The average Bonchev–Trinajstić information content (AvgIpc) is 2.46. The molecule has 0 bridgehead atoms. The second-order valence-electron chi connectivity index (χ2n) is 2.52. The number of phenolic OH excluding ortho intramolecular Hbond substituents is 1. The number of hydrogen-bond donors (Lipinski definition) is 2. The van der Waals surface area contributed by atoms with Crippen molar-refractivity contribution in [2.45, 2.75) is 0 Å². The Bertz CT molecular complexity index is 474. The first-order chi connectivity index (χ1) is 6.18. The predicted octanol–water partition coefficient (Wildman–Crippen LogP) is 1.23. The third kappa shape index (κ3) is 1.10. The van der Waals surface area contributed by atoms with Crippen LogP contribution < -0.4 is 0 Å². The van der Waals surface area contributed by atoms with Crippen molar-refractivity contribution in [3.05, 3.63) is 23.9 Å². The molecule has 13 heavy (non-hydrogen) atoms. The number of aromatic hydroxyl groups is 1. The molecule has 0 radical (unpaired) electrons. The monoisotopic (exact) mass is 179 g/mol. The van der Waals surface area contributed by atoms with Gasteiger partial charge < -0.3 is 14.7 Å². The lowest BCUT2D eigenvalue weighted by atomic mass is 10.2. The molecule has 0 aliphatic heterocycles. The van der Waals surface area contributed by atoms with E-state index < -0.39 is 5.97 Å². The molecule has 2 aromatic rings. The van der Waals surface area contributed by atoms with E-state index >= 15 is 0 Å². The van der Waals surface area contributed by atoms with Crippen molar-refractivity contribution >= 4 is 16.9 Å². The number of carboxylic acids is 1. The molecule has 0 amide bonds. The van der Waals surface area contributed by atoms with Crippen molar-refractivity contribution in [1.82, 2.24) is 5.16 Å². The van der Waals surface area contributed by atoms with Gasteiger partial charge in [0.2, 0.25) is 0 Å². The van der Waals surface area contributed by atoms with Gasteiger partial charge in [0.15, 0.2) is 11.3 Å². The summed E-state index contributed by atoms with van der Waals surface area (Å²) in [4.78, 5) is 10.6. The fourth-order valence-electron chi connectivity index (χ4n) is 1.08. The standard InChI is InChI=1S/C8H5NO4/c10-4-1-2-5-6(3-4)13-9-7(5)8(11)12/h1-3,10H,(H,11,12). The normalized spacial score (nSPS) is 10.5. The summed E-state index contributed by atoms with van der Waals surface area (Å²) >= 11 is 0. The summed E-state index contributed by atoms with van der Waals surface area (Å²) in [5.74, 6) is -1.13. The molecular weight excluding hydrogens is 174 g/mol. The van der Waals surface area contributed by atoms with Crippen LogP contribution in [-0.4, -0.2) is 21.3 Å². The molecule has 2 N–H and O–H groups in total. The number of fused-ring (bicyclic) bond motifs is 1. The van der Waals surface area contributed by atoms with Gasteiger partial charge in [-0.1, -0.05) is 5.16 Å². The number of aromatic nitrogens is 1. The summed E-state index contributed by atoms with van der Waals surface area (Å²) in [6.07, 6.45) is 0. The first-order valence-electron chi connectivity index (χ1n) is 3.50. The van der Waals surface area contributed by atoms with Crippen molar-refractivity contribution in [2.24, 2.45) is 0 Å². The number of phenols is 1. The van der Waals surface area contributed by atoms with Gasteiger partial charge in [-0.15, -0.1) is 0 Å². The van der Waals surface area contributed by atoms with Crippen molar-refractivity contribution < 1.29 is 19.5 Å². The fourth-order valence-corrected chi connectivity index (χ4v) is 1.08. The van der Waals surface area contributed by atoms with Gasteiger partial charge in [0.05, 0.1) is 5.39 Å². The second kappa shape index (κ2) is 2.48. The summed E-state index contributed by atoms with van der Waals surface area (Å²) in [6, 6.07) is 4.14. The smallest absolute Gasteiger partial charge is 0.358 e. The van der Waals surface area contributed by atoms with Crippen molar-refractivity contribution in [2.75, 3.05) is 0 Å². The molecule has 0 saturated heterocycles. The van der Waals surface area contributed by atoms with E-state index in [4.69, 9.17) is 14.7 Å². The van der Waals surface area contributed by atoms with E-state index in [9.17, 15) is 4.79 Å². The van der Waals surface area contributed by atoms with E-state index in [2.05, 4.69) is 5.16 Å². The van der Waals surface area contributed by atoms with E-state index in [0.29, 0.717) is 5.39 Å². The molecule has 5 nitrogen and oxygen atoms in total. The first-order valence-corrected chi connectivity index (χ1v) is 3.50. The third-order valence-electron chi connectivity index (χ3n) is 1.66. The fraction of sp³-hybridized carbons (Fsp3) is 0. The summed E-state index contributed by atoms with van der Waals surface area (Å²) in [5, 5.41) is 21.4. The summed E-state index contributed by atoms with van der Waals surface area (Å²) < 4.78 is 4.70. The molecule has 0 atom stereocenters. The molecule has 1 aromatic heterocycles. The van der Waals surface area contributed by atoms with E-state index in [1.54, 1.807) is 0 Å². The predicted molar refractivity (Wildman–Crippen MR) is 42.6 cm³/mol. The van der Waals surface area contributed by atoms with Gasteiger partial charge in [0.25, 0.3) is 0 Å². The lowest BCUT2D eigenvalue weighted by molar-refractivity contribution is 0.0688. The van der Waals surface area contributed by atoms with E-state index in [-0.39, 0.29) is 17.0 Å². The van der Waals surface area contributed by atoms with Crippen molar-refractivity contribution in [3.8, 4) is 5.75 Å². The zero-order valence-corrected chi connectivity index (χ0v) is 6.39. The Balaban J connectivity index is 2.76. The molecule has 1 heterocycles. The Morgan fingerprint density at radius 2 is 2.23 bits per heavy atom. The van der Waals surface area contributed by atoms with Crippen LogP contribution in [0.4, 0.5) is 0 Å². The molecule has 0 fully saturated rings. The Kier molecular flexibility index (Phi) is 1.45. The Morgan fingerprint density at radius 1 is 1.46 bits per heavy atom. The zero-order valence-electron chi connectivity index (χ0n) is 6.39. The van der Waals surface area contributed by atoms with Crippen molar-refractivity contribution in [1.29, 1.82) is 0 Å². The quantitative estimate of drug-likeness (QED) is 0.687. The minimum Gasteiger partial charge on any atom is -0.508 e. The van der Waals surface area contributed by atoms with Crippen molar-refractivity contribution in [3.63, 3.8) is 0 Å². The largest absolute Gasteiger partial charge is 0.508 e. The second-order valence-corrected chi connectivity index (χ2v) is 2.52.